The molecule has 0 atom stereocenters. The van der Waals surface area contributed by atoms with Crippen molar-refractivity contribution in [3.63, 3.8) is 0 Å². The molecule has 0 heterocycles. The first-order valence-electron chi connectivity index (χ1n) is 3.29. The number of hydrogen-bond donors (Lipinski definition) is 1. The van der Waals surface area contributed by atoms with Crippen LogP contribution in [-0.2, 0) is 6.54 Å². The lowest BCUT2D eigenvalue weighted by molar-refractivity contribution is 1.05. The van der Waals surface area contributed by atoms with Crippen molar-refractivity contribution < 1.29 is 0 Å². The van der Waals surface area contributed by atoms with E-state index < -0.39 is 0 Å². The predicted molar refractivity (Wildman–Crippen MR) is 51.8 cm³/mol. The molecule has 11 heavy (non-hydrogen) atoms. The Morgan fingerprint density at radius 3 is 2.73 bits per heavy atom. The number of rotatable bonds is 1. The average molecular weight is 235 g/mol. The van der Waals surface area contributed by atoms with Crippen molar-refractivity contribution in [2.45, 2.75) is 13.5 Å². The molecule has 3 heteroatoms. The van der Waals surface area contributed by atoms with Crippen LogP contribution in [0.4, 0.5) is 0 Å². The zero-order valence-electron chi connectivity index (χ0n) is 6.20. The maximum Gasteiger partial charge on any atom is 0.0551 e. The Morgan fingerprint density at radius 1 is 1.55 bits per heavy atom. The summed E-state index contributed by atoms with van der Waals surface area (Å²) in [6.45, 7) is 2.56. The van der Waals surface area contributed by atoms with Gasteiger partial charge < -0.3 is 5.73 Å². The van der Waals surface area contributed by atoms with Gasteiger partial charge >= 0.3 is 0 Å². The molecule has 0 amide bonds. The van der Waals surface area contributed by atoms with Crippen molar-refractivity contribution in [3.05, 3.63) is 32.8 Å². The fourth-order valence-electron chi connectivity index (χ4n) is 0.907. The molecule has 1 nitrogen and oxygen atoms in total. The summed E-state index contributed by atoms with van der Waals surface area (Å²) in [6.07, 6.45) is 0. The molecular weight excluding hydrogens is 225 g/mol. The molecular formula is C8H9BrClN. The fraction of sp³-hybridized carbons (Fsp3) is 0.250. The number of nitrogens with two attached hydrogens (primary N) is 1. The Labute approximate surface area is 79.7 Å². The second-order valence-corrected chi connectivity index (χ2v) is 3.66. The molecule has 0 saturated carbocycles. The minimum Gasteiger partial charge on any atom is -0.326 e. The maximum absolute atomic E-state index is 5.86. The lowest BCUT2D eigenvalue weighted by Crippen LogP contribution is -1.98. The van der Waals surface area contributed by atoms with Crippen LogP contribution in [0.3, 0.4) is 0 Å². The van der Waals surface area contributed by atoms with Gasteiger partial charge in [-0.25, -0.2) is 0 Å². The molecule has 0 unspecified atom stereocenters. The Kier molecular flexibility index (Phi) is 2.93. The summed E-state index contributed by atoms with van der Waals surface area (Å²) in [7, 11) is 0. The van der Waals surface area contributed by atoms with Crippen LogP contribution < -0.4 is 5.73 Å². The third kappa shape index (κ3) is 1.95. The van der Waals surface area contributed by atoms with E-state index in [9.17, 15) is 0 Å². The van der Waals surface area contributed by atoms with Crippen molar-refractivity contribution in [3.8, 4) is 0 Å². The molecule has 60 valence electrons. The lowest BCUT2D eigenvalue weighted by Gasteiger charge is -2.04. The Morgan fingerprint density at radius 2 is 2.18 bits per heavy atom. The first-order valence-corrected chi connectivity index (χ1v) is 4.47. The van der Waals surface area contributed by atoms with E-state index in [1.807, 2.05) is 19.1 Å². The second-order valence-electron chi connectivity index (χ2n) is 2.40. The van der Waals surface area contributed by atoms with E-state index in [-0.39, 0.29) is 0 Å². The highest BCUT2D eigenvalue weighted by Gasteiger charge is 2.01. The first-order chi connectivity index (χ1) is 5.15. The largest absolute Gasteiger partial charge is 0.326 e. The second kappa shape index (κ2) is 3.57. The SMILES string of the molecule is Cc1cc(Br)c(Cl)cc1CN. The highest BCUT2D eigenvalue weighted by Crippen LogP contribution is 2.25. The van der Waals surface area contributed by atoms with Crippen molar-refractivity contribution in [2.75, 3.05) is 0 Å². The summed E-state index contributed by atoms with van der Waals surface area (Å²) >= 11 is 9.20. The van der Waals surface area contributed by atoms with E-state index in [4.69, 9.17) is 17.3 Å². The number of benzene rings is 1. The van der Waals surface area contributed by atoms with Gasteiger partial charge in [0.1, 0.15) is 0 Å². The summed E-state index contributed by atoms with van der Waals surface area (Å²) in [6, 6.07) is 3.87. The molecule has 0 aliphatic carbocycles. The van der Waals surface area contributed by atoms with E-state index >= 15 is 0 Å². The quantitative estimate of drug-likeness (QED) is 0.794. The van der Waals surface area contributed by atoms with Crippen LogP contribution in [0, 0.1) is 6.92 Å². The minimum absolute atomic E-state index is 0.541. The highest BCUT2D eigenvalue weighted by molar-refractivity contribution is 9.10. The summed E-state index contributed by atoms with van der Waals surface area (Å²) in [5.41, 5.74) is 7.76. The van der Waals surface area contributed by atoms with Gasteiger partial charge in [-0.1, -0.05) is 11.6 Å². The van der Waals surface area contributed by atoms with Gasteiger partial charge in [0.2, 0.25) is 0 Å². The topological polar surface area (TPSA) is 26.0 Å². The van der Waals surface area contributed by atoms with E-state index in [1.54, 1.807) is 0 Å². The monoisotopic (exact) mass is 233 g/mol. The van der Waals surface area contributed by atoms with Crippen LogP contribution in [0.15, 0.2) is 16.6 Å². The summed E-state index contributed by atoms with van der Waals surface area (Å²) in [5, 5.41) is 0.719. The Hall–Kier alpha value is -0.0500. The van der Waals surface area contributed by atoms with E-state index in [2.05, 4.69) is 15.9 Å². The Balaban J connectivity index is 3.21. The molecule has 2 N–H and O–H groups in total. The lowest BCUT2D eigenvalue weighted by atomic mass is 10.1. The van der Waals surface area contributed by atoms with Crippen LogP contribution in [0.2, 0.25) is 5.02 Å². The van der Waals surface area contributed by atoms with Gasteiger partial charge in [0.15, 0.2) is 0 Å². The summed E-state index contributed by atoms with van der Waals surface area (Å²) < 4.78 is 0.925. The molecule has 0 aromatic heterocycles. The predicted octanol–water partition coefficient (Wildman–Crippen LogP) is 2.87. The molecule has 0 saturated heterocycles. The number of aryl methyl sites for hydroxylation is 1. The molecule has 0 radical (unpaired) electrons. The van der Waals surface area contributed by atoms with Gasteiger partial charge in [-0.15, -0.1) is 0 Å². The van der Waals surface area contributed by atoms with Gasteiger partial charge in [0.05, 0.1) is 5.02 Å². The number of hydrogen-bond acceptors (Lipinski definition) is 1. The average Bonchev–Trinajstić information content (AvgIpc) is 1.97. The smallest absolute Gasteiger partial charge is 0.0551 e. The third-order valence-corrected chi connectivity index (χ3v) is 2.80. The van der Waals surface area contributed by atoms with Crippen LogP contribution in [0.1, 0.15) is 11.1 Å². The van der Waals surface area contributed by atoms with Crippen molar-refractivity contribution in [1.82, 2.24) is 0 Å². The van der Waals surface area contributed by atoms with Crippen LogP contribution in [0.25, 0.3) is 0 Å². The Bertz CT molecular complexity index is 273. The standard InChI is InChI=1S/C8H9BrClN/c1-5-2-7(9)8(10)3-6(5)4-11/h2-3H,4,11H2,1H3. The fourth-order valence-corrected chi connectivity index (χ4v) is 1.55. The van der Waals surface area contributed by atoms with E-state index in [1.165, 1.54) is 5.56 Å². The van der Waals surface area contributed by atoms with E-state index in [0.717, 1.165) is 15.1 Å². The van der Waals surface area contributed by atoms with E-state index in [0.29, 0.717) is 6.54 Å². The van der Waals surface area contributed by atoms with Gasteiger partial charge in [-0.2, -0.15) is 0 Å². The van der Waals surface area contributed by atoms with Gasteiger partial charge in [0.25, 0.3) is 0 Å². The van der Waals surface area contributed by atoms with Crippen LogP contribution >= 0.6 is 27.5 Å². The number of halogens is 2. The van der Waals surface area contributed by atoms with Gasteiger partial charge in [0, 0.05) is 11.0 Å². The minimum atomic E-state index is 0.541. The molecule has 0 aliphatic rings. The summed E-state index contributed by atoms with van der Waals surface area (Å²) in [5.74, 6) is 0. The van der Waals surface area contributed by atoms with Crippen LogP contribution in [0.5, 0.6) is 0 Å². The molecule has 1 aromatic carbocycles. The maximum atomic E-state index is 5.86. The zero-order valence-corrected chi connectivity index (χ0v) is 8.54. The van der Waals surface area contributed by atoms with Crippen molar-refractivity contribution in [2.24, 2.45) is 5.73 Å². The molecule has 0 bridgehead atoms. The van der Waals surface area contributed by atoms with Gasteiger partial charge in [-0.3, -0.25) is 0 Å². The van der Waals surface area contributed by atoms with Crippen molar-refractivity contribution >= 4 is 27.5 Å². The normalized spacial score (nSPS) is 10.2. The third-order valence-electron chi connectivity index (χ3n) is 1.60. The highest BCUT2D eigenvalue weighted by atomic mass is 79.9. The van der Waals surface area contributed by atoms with Gasteiger partial charge in [-0.05, 0) is 46.1 Å². The summed E-state index contributed by atoms with van der Waals surface area (Å²) in [4.78, 5) is 0. The van der Waals surface area contributed by atoms with Crippen LogP contribution in [-0.4, -0.2) is 0 Å². The molecule has 1 rings (SSSR count). The van der Waals surface area contributed by atoms with Crippen molar-refractivity contribution in [1.29, 1.82) is 0 Å². The molecule has 0 fully saturated rings. The molecule has 0 spiro atoms. The zero-order chi connectivity index (χ0) is 8.43. The molecule has 1 aromatic rings. The molecule has 0 aliphatic heterocycles. The first kappa shape index (κ1) is 9.04.